The number of piperidine rings is 1. The minimum absolute atomic E-state index is 0.232. The summed E-state index contributed by atoms with van der Waals surface area (Å²) >= 11 is 0. The molecule has 1 aliphatic heterocycles. The van der Waals surface area contributed by atoms with Gasteiger partial charge in [0.1, 0.15) is 17.9 Å². The Morgan fingerprint density at radius 2 is 1.79 bits per heavy atom. The summed E-state index contributed by atoms with van der Waals surface area (Å²) in [5.41, 5.74) is 0.858. The highest BCUT2D eigenvalue weighted by Crippen LogP contribution is 2.22. The Labute approximate surface area is 167 Å². The molecule has 2 N–H and O–H groups in total. The highest BCUT2D eigenvalue weighted by molar-refractivity contribution is 5.85. The normalized spacial score (nSPS) is 15.6. The van der Waals surface area contributed by atoms with Crippen molar-refractivity contribution in [1.29, 1.82) is 0 Å². The first-order valence-electron chi connectivity index (χ1n) is 9.36. The molecule has 0 aromatic heterocycles. The molecule has 1 fully saturated rings. The molecule has 8 heteroatoms. The van der Waals surface area contributed by atoms with Crippen LogP contribution in [0.15, 0.2) is 48.5 Å². The number of carbonyl (C=O) groups is 2. The number of benzene rings is 2. The van der Waals surface area contributed by atoms with E-state index < -0.39 is 23.8 Å². The quantitative estimate of drug-likeness (QED) is 0.775. The molecule has 6 nitrogen and oxygen atoms in total. The molecule has 0 spiro atoms. The first-order valence-corrected chi connectivity index (χ1v) is 9.36. The van der Waals surface area contributed by atoms with Gasteiger partial charge in [-0.2, -0.15) is 0 Å². The van der Waals surface area contributed by atoms with Crippen molar-refractivity contribution in [3.8, 4) is 5.75 Å². The Kier molecular flexibility index (Phi) is 6.64. The summed E-state index contributed by atoms with van der Waals surface area (Å²) in [6, 6.07) is 11.7. The number of rotatable bonds is 6. The summed E-state index contributed by atoms with van der Waals surface area (Å²) in [7, 11) is 0. The van der Waals surface area contributed by atoms with Crippen LogP contribution in [-0.2, 0) is 11.2 Å². The minimum Gasteiger partial charge on any atom is -0.490 e. The summed E-state index contributed by atoms with van der Waals surface area (Å²) in [6.45, 7) is 0.777. The minimum atomic E-state index is -1.25. The second-order valence-electron chi connectivity index (χ2n) is 6.91. The number of hydrogen-bond acceptors (Lipinski definition) is 3. The topological polar surface area (TPSA) is 78.9 Å². The molecule has 1 heterocycles. The summed E-state index contributed by atoms with van der Waals surface area (Å²) < 4.78 is 32.0. The lowest BCUT2D eigenvalue weighted by molar-refractivity contribution is -0.135. The van der Waals surface area contributed by atoms with Crippen LogP contribution in [0.3, 0.4) is 0 Å². The Morgan fingerprint density at radius 3 is 2.41 bits per heavy atom. The third kappa shape index (κ3) is 5.66. The lowest BCUT2D eigenvalue weighted by Gasteiger charge is -2.34. The number of hydrogen-bond donors (Lipinski definition) is 2. The first-order chi connectivity index (χ1) is 13.9. The molecule has 0 bridgehead atoms. The van der Waals surface area contributed by atoms with Gasteiger partial charge >= 0.3 is 6.09 Å². The molecule has 0 aliphatic carbocycles. The predicted molar refractivity (Wildman–Crippen MR) is 102 cm³/mol. The van der Waals surface area contributed by atoms with Crippen molar-refractivity contribution >= 4 is 12.0 Å². The molecule has 3 rings (SSSR count). The molecule has 1 atom stereocenters. The second-order valence-corrected chi connectivity index (χ2v) is 6.91. The van der Waals surface area contributed by atoms with Crippen LogP contribution in [0.25, 0.3) is 0 Å². The lowest BCUT2D eigenvalue weighted by atomic mass is 10.0. The summed E-state index contributed by atoms with van der Waals surface area (Å²) in [5.74, 6) is -1.96. The maximum absolute atomic E-state index is 13.3. The van der Waals surface area contributed by atoms with Crippen LogP contribution in [0.1, 0.15) is 18.4 Å². The summed E-state index contributed by atoms with van der Waals surface area (Å²) in [5, 5.41) is 11.4. The molecular formula is C21H22F2N2O4. The molecule has 2 amide bonds. The van der Waals surface area contributed by atoms with E-state index in [-0.39, 0.29) is 24.2 Å². The molecule has 2 aromatic rings. The number of amides is 2. The van der Waals surface area contributed by atoms with Gasteiger partial charge in [-0.3, -0.25) is 4.79 Å². The van der Waals surface area contributed by atoms with Crippen LogP contribution < -0.4 is 10.1 Å². The smallest absolute Gasteiger partial charge is 0.405 e. The maximum atomic E-state index is 13.3. The fourth-order valence-electron chi connectivity index (χ4n) is 3.36. The number of carbonyl (C=O) groups excluding carboxylic acids is 1. The average Bonchev–Trinajstić information content (AvgIpc) is 2.71. The fourth-order valence-corrected chi connectivity index (χ4v) is 3.36. The number of likely N-dealkylation sites (tertiary alicyclic amines) is 1. The largest absolute Gasteiger partial charge is 0.490 e. The molecule has 2 aromatic carbocycles. The van der Waals surface area contributed by atoms with Crippen molar-refractivity contribution in [2.45, 2.75) is 31.4 Å². The van der Waals surface area contributed by atoms with Gasteiger partial charge < -0.3 is 20.1 Å². The van der Waals surface area contributed by atoms with Gasteiger partial charge in [-0.25, -0.2) is 13.6 Å². The van der Waals surface area contributed by atoms with Crippen molar-refractivity contribution < 1.29 is 28.2 Å². The Bertz CT molecular complexity index is 855. The summed E-state index contributed by atoms with van der Waals surface area (Å²) in [4.78, 5) is 25.6. The van der Waals surface area contributed by atoms with E-state index in [9.17, 15) is 18.4 Å². The van der Waals surface area contributed by atoms with Crippen LogP contribution in [0.2, 0.25) is 0 Å². The van der Waals surface area contributed by atoms with Crippen LogP contribution >= 0.6 is 0 Å². The van der Waals surface area contributed by atoms with Gasteiger partial charge in [0.05, 0.1) is 0 Å². The van der Waals surface area contributed by atoms with E-state index >= 15 is 0 Å². The van der Waals surface area contributed by atoms with Crippen LogP contribution in [0.5, 0.6) is 5.75 Å². The van der Waals surface area contributed by atoms with Gasteiger partial charge in [-0.05, 0) is 17.7 Å². The monoisotopic (exact) mass is 404 g/mol. The molecule has 29 heavy (non-hydrogen) atoms. The van der Waals surface area contributed by atoms with Gasteiger partial charge in [-0.15, -0.1) is 0 Å². The molecule has 1 saturated heterocycles. The molecule has 0 saturated carbocycles. The number of ether oxygens (including phenoxy) is 1. The van der Waals surface area contributed by atoms with Crippen molar-refractivity contribution in [2.75, 3.05) is 13.1 Å². The average molecular weight is 404 g/mol. The zero-order valence-corrected chi connectivity index (χ0v) is 15.7. The number of carboxylic acid groups (broad SMARTS) is 1. The number of nitrogens with zero attached hydrogens (tertiary/aromatic N) is 1. The van der Waals surface area contributed by atoms with Crippen molar-refractivity contribution in [3.63, 3.8) is 0 Å². The van der Waals surface area contributed by atoms with E-state index in [1.54, 1.807) is 4.90 Å². The third-order valence-corrected chi connectivity index (χ3v) is 4.83. The Hall–Kier alpha value is -3.16. The predicted octanol–water partition coefficient (Wildman–Crippen LogP) is 3.21. The van der Waals surface area contributed by atoms with E-state index in [0.29, 0.717) is 25.9 Å². The SMILES string of the molecule is O=C(O)NC(Cc1ccccc1)C(=O)N1CCC(Oc2ccc(F)c(F)c2)CC1. The highest BCUT2D eigenvalue weighted by atomic mass is 19.2. The zero-order chi connectivity index (χ0) is 20.8. The highest BCUT2D eigenvalue weighted by Gasteiger charge is 2.30. The van der Waals surface area contributed by atoms with Crippen molar-refractivity contribution in [3.05, 3.63) is 65.7 Å². The van der Waals surface area contributed by atoms with Gasteiger partial charge in [0.15, 0.2) is 11.6 Å². The number of halogens is 2. The molecule has 1 aliphatic rings. The Morgan fingerprint density at radius 1 is 1.10 bits per heavy atom. The van der Waals surface area contributed by atoms with Crippen LogP contribution in [0.4, 0.5) is 13.6 Å². The fraction of sp³-hybridized carbons (Fsp3) is 0.333. The zero-order valence-electron chi connectivity index (χ0n) is 15.7. The van der Waals surface area contributed by atoms with E-state index in [4.69, 9.17) is 9.84 Å². The van der Waals surface area contributed by atoms with Crippen LogP contribution in [0, 0.1) is 11.6 Å². The Balaban J connectivity index is 1.57. The van der Waals surface area contributed by atoms with Crippen molar-refractivity contribution in [2.24, 2.45) is 0 Å². The van der Waals surface area contributed by atoms with E-state index in [1.165, 1.54) is 6.07 Å². The van der Waals surface area contributed by atoms with Gasteiger partial charge in [0, 0.05) is 38.4 Å². The van der Waals surface area contributed by atoms with E-state index in [2.05, 4.69) is 5.32 Å². The maximum Gasteiger partial charge on any atom is 0.405 e. The molecular weight excluding hydrogens is 382 g/mol. The molecule has 154 valence electrons. The van der Waals surface area contributed by atoms with E-state index in [1.807, 2.05) is 30.3 Å². The number of nitrogens with one attached hydrogen (secondary N) is 1. The molecule has 0 radical (unpaired) electrons. The molecule has 1 unspecified atom stereocenters. The third-order valence-electron chi connectivity index (χ3n) is 4.83. The van der Waals surface area contributed by atoms with Gasteiger partial charge in [0.25, 0.3) is 0 Å². The van der Waals surface area contributed by atoms with Crippen LogP contribution in [-0.4, -0.2) is 47.2 Å². The standard InChI is InChI=1S/C21H22F2N2O4/c22-17-7-6-16(13-18(17)23)29-15-8-10-25(11-9-15)20(26)19(24-21(27)28)12-14-4-2-1-3-5-14/h1-7,13,15,19,24H,8-12H2,(H,27,28). The van der Waals surface area contributed by atoms with Gasteiger partial charge in [-0.1, -0.05) is 30.3 Å². The lowest BCUT2D eigenvalue weighted by Crippen LogP contribution is -2.52. The van der Waals surface area contributed by atoms with Crippen molar-refractivity contribution in [1.82, 2.24) is 10.2 Å². The summed E-state index contributed by atoms with van der Waals surface area (Å²) in [6.07, 6.45) is -0.206. The van der Waals surface area contributed by atoms with Gasteiger partial charge in [0.2, 0.25) is 5.91 Å². The van der Waals surface area contributed by atoms with E-state index in [0.717, 1.165) is 17.7 Å². The first kappa shape index (κ1) is 20.6. The second kappa shape index (κ2) is 9.36.